The van der Waals surface area contributed by atoms with E-state index >= 15 is 0 Å². The summed E-state index contributed by atoms with van der Waals surface area (Å²) in [6.07, 6.45) is 2.30. The quantitative estimate of drug-likeness (QED) is 0.766. The number of amides is 1. The van der Waals surface area contributed by atoms with Crippen LogP contribution < -0.4 is 5.73 Å². The van der Waals surface area contributed by atoms with E-state index in [4.69, 9.17) is 5.73 Å². The molecule has 1 aliphatic carbocycles. The molecule has 1 aliphatic heterocycles. The number of nitrogens with two attached hydrogens (primary N) is 1. The molecule has 2 fully saturated rings. The highest BCUT2D eigenvalue weighted by molar-refractivity contribution is 5.79. The number of likely N-dealkylation sites (tertiary alicyclic amines) is 1. The van der Waals surface area contributed by atoms with Gasteiger partial charge in [-0.2, -0.15) is 0 Å². The molecule has 98 valence electrons. The molecule has 1 atom stereocenters. The molecule has 1 saturated carbocycles. The predicted molar refractivity (Wildman–Crippen MR) is 60.7 cm³/mol. The van der Waals surface area contributed by atoms with Crippen LogP contribution in [0.5, 0.6) is 0 Å². The molecule has 0 bridgehead atoms. The summed E-state index contributed by atoms with van der Waals surface area (Å²) in [6.45, 7) is 1.25. The van der Waals surface area contributed by atoms with Crippen LogP contribution in [0.1, 0.15) is 38.5 Å². The number of alkyl halides is 2. The van der Waals surface area contributed by atoms with Crippen molar-refractivity contribution in [3.63, 3.8) is 0 Å². The fourth-order valence-electron chi connectivity index (χ4n) is 2.76. The molecule has 1 heterocycles. The van der Waals surface area contributed by atoms with Gasteiger partial charge in [0.15, 0.2) is 0 Å². The van der Waals surface area contributed by atoms with E-state index in [2.05, 4.69) is 0 Å². The summed E-state index contributed by atoms with van der Waals surface area (Å²) in [5, 5.41) is 0. The monoisotopic (exact) mass is 246 g/mol. The Morgan fingerprint density at radius 3 is 2.47 bits per heavy atom. The Morgan fingerprint density at radius 1 is 1.24 bits per heavy atom. The Labute approximate surface area is 100 Å². The standard InChI is InChI=1S/C12H20F2N2O/c13-12(14)5-1-2-9(8-12)11(17)16-6-3-10(15)4-7-16/h9-10H,1-8,15H2. The highest BCUT2D eigenvalue weighted by atomic mass is 19.3. The number of rotatable bonds is 1. The minimum absolute atomic E-state index is 0.0678. The minimum Gasteiger partial charge on any atom is -0.342 e. The molecule has 2 N–H and O–H groups in total. The molecule has 3 nitrogen and oxygen atoms in total. The number of carbonyl (C=O) groups is 1. The van der Waals surface area contributed by atoms with Gasteiger partial charge in [-0.3, -0.25) is 4.79 Å². The average Bonchev–Trinajstić information content (AvgIpc) is 2.28. The number of carbonyl (C=O) groups excluding carboxylic acids is 1. The number of hydrogen-bond donors (Lipinski definition) is 1. The van der Waals surface area contributed by atoms with Crippen molar-refractivity contribution in [3.05, 3.63) is 0 Å². The molecule has 2 aliphatic rings. The van der Waals surface area contributed by atoms with Crippen molar-refractivity contribution in [3.8, 4) is 0 Å². The Balaban J connectivity index is 1.91. The van der Waals surface area contributed by atoms with E-state index in [1.54, 1.807) is 4.90 Å². The van der Waals surface area contributed by atoms with Gasteiger partial charge in [-0.15, -0.1) is 0 Å². The Morgan fingerprint density at radius 2 is 1.88 bits per heavy atom. The summed E-state index contributed by atoms with van der Waals surface area (Å²) in [5.41, 5.74) is 5.76. The van der Waals surface area contributed by atoms with E-state index in [1.165, 1.54) is 0 Å². The fourth-order valence-corrected chi connectivity index (χ4v) is 2.76. The molecule has 0 aromatic rings. The molecule has 5 heteroatoms. The molecule has 0 aromatic heterocycles. The van der Waals surface area contributed by atoms with Crippen molar-refractivity contribution >= 4 is 5.91 Å². The van der Waals surface area contributed by atoms with E-state index in [0.29, 0.717) is 25.9 Å². The first kappa shape index (κ1) is 12.7. The lowest BCUT2D eigenvalue weighted by molar-refractivity contribution is -0.143. The van der Waals surface area contributed by atoms with Crippen LogP contribution in [0.4, 0.5) is 8.78 Å². The number of hydrogen-bond acceptors (Lipinski definition) is 2. The summed E-state index contributed by atoms with van der Waals surface area (Å²) in [7, 11) is 0. The first-order valence-corrected chi connectivity index (χ1v) is 6.40. The van der Waals surface area contributed by atoms with Gasteiger partial charge in [0.05, 0.1) is 0 Å². The minimum atomic E-state index is -2.65. The van der Waals surface area contributed by atoms with Gasteiger partial charge >= 0.3 is 0 Å². The highest BCUT2D eigenvalue weighted by Crippen LogP contribution is 2.37. The SMILES string of the molecule is NC1CCN(C(=O)C2CCCC(F)(F)C2)CC1. The van der Waals surface area contributed by atoms with Crippen LogP contribution in [-0.4, -0.2) is 35.9 Å². The lowest BCUT2D eigenvalue weighted by Gasteiger charge is -2.35. The molecule has 0 radical (unpaired) electrons. The van der Waals surface area contributed by atoms with E-state index in [-0.39, 0.29) is 24.8 Å². The highest BCUT2D eigenvalue weighted by Gasteiger charge is 2.40. The maximum atomic E-state index is 13.3. The number of nitrogens with zero attached hydrogens (tertiary/aromatic N) is 1. The fraction of sp³-hybridized carbons (Fsp3) is 0.917. The van der Waals surface area contributed by atoms with Crippen LogP contribution in [-0.2, 0) is 4.79 Å². The second-order valence-electron chi connectivity index (χ2n) is 5.31. The van der Waals surface area contributed by atoms with Crippen LogP contribution in [0, 0.1) is 5.92 Å². The van der Waals surface area contributed by atoms with E-state index in [0.717, 1.165) is 12.8 Å². The van der Waals surface area contributed by atoms with Gasteiger partial charge in [-0.25, -0.2) is 8.78 Å². The van der Waals surface area contributed by atoms with E-state index in [1.807, 2.05) is 0 Å². The molecule has 1 amide bonds. The molecule has 0 spiro atoms. The van der Waals surface area contributed by atoms with Crippen molar-refractivity contribution in [1.82, 2.24) is 4.90 Å². The third-order valence-corrected chi connectivity index (χ3v) is 3.84. The molecule has 17 heavy (non-hydrogen) atoms. The number of piperidine rings is 1. The van der Waals surface area contributed by atoms with Crippen molar-refractivity contribution in [2.75, 3.05) is 13.1 Å². The molecular weight excluding hydrogens is 226 g/mol. The predicted octanol–water partition coefficient (Wildman–Crippen LogP) is 1.76. The summed E-state index contributed by atoms with van der Waals surface area (Å²) >= 11 is 0. The summed E-state index contributed by atoms with van der Waals surface area (Å²) in [4.78, 5) is 13.8. The second-order valence-corrected chi connectivity index (χ2v) is 5.31. The third kappa shape index (κ3) is 3.15. The average molecular weight is 246 g/mol. The van der Waals surface area contributed by atoms with Gasteiger partial charge in [0.25, 0.3) is 0 Å². The Hall–Kier alpha value is -0.710. The molecule has 2 rings (SSSR count). The first-order valence-electron chi connectivity index (χ1n) is 6.40. The normalized spacial score (nSPS) is 30.3. The zero-order valence-electron chi connectivity index (χ0n) is 10.0. The first-order chi connectivity index (χ1) is 7.98. The molecular formula is C12H20F2N2O. The van der Waals surface area contributed by atoms with Gasteiger partial charge in [0.2, 0.25) is 11.8 Å². The Kier molecular flexibility index (Phi) is 3.66. The maximum absolute atomic E-state index is 13.3. The van der Waals surface area contributed by atoms with Crippen molar-refractivity contribution in [1.29, 1.82) is 0 Å². The summed E-state index contributed by atoms with van der Waals surface area (Å²) in [5.74, 6) is -3.21. The van der Waals surface area contributed by atoms with Gasteiger partial charge in [0, 0.05) is 37.9 Å². The van der Waals surface area contributed by atoms with Crippen LogP contribution in [0.2, 0.25) is 0 Å². The lowest BCUT2D eigenvalue weighted by atomic mass is 9.85. The van der Waals surface area contributed by atoms with Gasteiger partial charge < -0.3 is 10.6 Å². The van der Waals surface area contributed by atoms with Crippen LogP contribution in [0.25, 0.3) is 0 Å². The van der Waals surface area contributed by atoms with Crippen LogP contribution >= 0.6 is 0 Å². The van der Waals surface area contributed by atoms with E-state index in [9.17, 15) is 13.6 Å². The van der Waals surface area contributed by atoms with Crippen LogP contribution in [0.3, 0.4) is 0 Å². The molecule has 0 aromatic carbocycles. The second kappa shape index (κ2) is 4.88. The van der Waals surface area contributed by atoms with Crippen molar-refractivity contribution < 1.29 is 13.6 Å². The smallest absolute Gasteiger partial charge is 0.248 e. The molecule has 1 saturated heterocycles. The zero-order valence-corrected chi connectivity index (χ0v) is 10.0. The zero-order chi connectivity index (χ0) is 12.5. The largest absolute Gasteiger partial charge is 0.342 e. The topological polar surface area (TPSA) is 46.3 Å². The van der Waals surface area contributed by atoms with Crippen molar-refractivity contribution in [2.24, 2.45) is 11.7 Å². The lowest BCUT2D eigenvalue weighted by Crippen LogP contribution is -2.46. The molecule has 1 unspecified atom stereocenters. The van der Waals surface area contributed by atoms with Gasteiger partial charge in [0.1, 0.15) is 0 Å². The maximum Gasteiger partial charge on any atom is 0.248 e. The Bertz CT molecular complexity index is 288. The van der Waals surface area contributed by atoms with Gasteiger partial charge in [-0.1, -0.05) is 0 Å². The summed E-state index contributed by atoms with van der Waals surface area (Å²) in [6, 6.07) is 0.159. The summed E-state index contributed by atoms with van der Waals surface area (Å²) < 4.78 is 26.5. The van der Waals surface area contributed by atoms with Crippen LogP contribution in [0.15, 0.2) is 0 Å². The number of halogens is 2. The van der Waals surface area contributed by atoms with Crippen molar-refractivity contribution in [2.45, 2.75) is 50.5 Å². The third-order valence-electron chi connectivity index (χ3n) is 3.84. The van der Waals surface area contributed by atoms with E-state index < -0.39 is 11.8 Å². The van der Waals surface area contributed by atoms with Gasteiger partial charge in [-0.05, 0) is 25.7 Å².